The summed E-state index contributed by atoms with van der Waals surface area (Å²) in [6, 6.07) is 0. The van der Waals surface area contributed by atoms with Crippen molar-refractivity contribution in [2.24, 2.45) is 0 Å². The van der Waals surface area contributed by atoms with Crippen molar-refractivity contribution in [2.75, 3.05) is 0 Å². The van der Waals surface area contributed by atoms with Crippen molar-refractivity contribution in [2.45, 2.75) is 24.6 Å². The van der Waals surface area contributed by atoms with E-state index in [9.17, 15) is 0 Å². The molecule has 0 saturated carbocycles. The minimum Gasteiger partial charge on any atom is -0.240 e. The van der Waals surface area contributed by atoms with Crippen LogP contribution in [0.1, 0.15) is 19.2 Å². The van der Waals surface area contributed by atoms with Gasteiger partial charge in [0.05, 0.1) is 4.47 Å². The number of hydrogen-bond acceptors (Lipinski definition) is 2. The lowest BCUT2D eigenvalue weighted by Crippen LogP contribution is -2.04. The lowest BCUT2D eigenvalue weighted by molar-refractivity contribution is 0.779. The van der Waals surface area contributed by atoms with Crippen LogP contribution in [0, 0.1) is 0 Å². The van der Waals surface area contributed by atoms with Crippen LogP contribution in [-0.4, -0.2) is 14.8 Å². The minimum absolute atomic E-state index is 0.485. The first-order valence-corrected chi connectivity index (χ1v) is 5.53. The third-order valence-corrected chi connectivity index (χ3v) is 2.90. The molecule has 1 rings (SSSR count). The summed E-state index contributed by atoms with van der Waals surface area (Å²) in [4.78, 5) is 8.84. The second-order valence-corrected chi connectivity index (χ2v) is 4.74. The van der Waals surface area contributed by atoms with Crippen LogP contribution in [0.15, 0.2) is 16.9 Å². The molecule has 0 fully saturated rings. The van der Waals surface area contributed by atoms with Crippen LogP contribution in [0.5, 0.6) is 0 Å². The van der Waals surface area contributed by atoms with Gasteiger partial charge < -0.3 is 0 Å². The molecule has 1 atom stereocenters. The van der Waals surface area contributed by atoms with E-state index in [0.29, 0.717) is 4.83 Å². The van der Waals surface area contributed by atoms with Crippen molar-refractivity contribution in [1.29, 1.82) is 0 Å². The Kier molecular flexibility index (Phi) is 4.15. The molecule has 1 unspecified atom stereocenters. The Hall–Kier alpha value is 0.0400. The van der Waals surface area contributed by atoms with Crippen molar-refractivity contribution in [3.63, 3.8) is 0 Å². The highest BCUT2D eigenvalue weighted by molar-refractivity contribution is 9.10. The van der Waals surface area contributed by atoms with Gasteiger partial charge in [-0.25, -0.2) is 9.97 Å². The van der Waals surface area contributed by atoms with Gasteiger partial charge in [0, 0.05) is 23.6 Å². The maximum absolute atomic E-state index is 4.18. The highest BCUT2D eigenvalue weighted by Gasteiger charge is 2.04. The monoisotopic (exact) mass is 292 g/mol. The molecular weight excluding hydrogens is 284 g/mol. The van der Waals surface area contributed by atoms with Crippen LogP contribution in [0.2, 0.25) is 0 Å². The molecule has 0 amide bonds. The van der Waals surface area contributed by atoms with Gasteiger partial charge in [-0.1, -0.05) is 22.9 Å². The van der Waals surface area contributed by atoms with Gasteiger partial charge in [0.1, 0.15) is 5.82 Å². The van der Waals surface area contributed by atoms with Crippen LogP contribution < -0.4 is 0 Å². The van der Waals surface area contributed by atoms with Gasteiger partial charge in [-0.3, -0.25) is 0 Å². The second kappa shape index (κ2) is 4.92. The summed E-state index contributed by atoms with van der Waals surface area (Å²) in [6.07, 6.45) is 5.54. The Balaban J connectivity index is 2.58. The molecule has 0 aliphatic rings. The molecule has 0 N–H and O–H groups in total. The fraction of sp³-hybridized carbons (Fsp3) is 0.500. The number of halogens is 2. The van der Waals surface area contributed by atoms with E-state index in [1.54, 1.807) is 12.4 Å². The largest absolute Gasteiger partial charge is 0.240 e. The molecule has 1 aromatic rings. The van der Waals surface area contributed by atoms with E-state index in [1.807, 2.05) is 0 Å². The first kappa shape index (κ1) is 10.1. The fourth-order valence-electron chi connectivity index (χ4n) is 0.787. The van der Waals surface area contributed by atoms with Gasteiger partial charge in [-0.2, -0.15) is 0 Å². The van der Waals surface area contributed by atoms with Crippen molar-refractivity contribution in [1.82, 2.24) is 9.97 Å². The number of hydrogen-bond donors (Lipinski definition) is 0. The number of rotatable bonds is 3. The maximum atomic E-state index is 4.18. The first-order valence-electron chi connectivity index (χ1n) is 3.83. The SMILES string of the molecule is CCC(Br)Cc1ncc(Br)cn1. The average molecular weight is 294 g/mol. The molecule has 66 valence electrons. The van der Waals surface area contributed by atoms with Crippen molar-refractivity contribution >= 4 is 31.9 Å². The Morgan fingerprint density at radius 3 is 2.50 bits per heavy atom. The van der Waals surface area contributed by atoms with Crippen LogP contribution >= 0.6 is 31.9 Å². The molecule has 0 saturated heterocycles. The molecule has 0 radical (unpaired) electrons. The van der Waals surface area contributed by atoms with E-state index in [1.165, 1.54) is 0 Å². The zero-order valence-electron chi connectivity index (χ0n) is 6.80. The van der Waals surface area contributed by atoms with Crippen LogP contribution in [0.3, 0.4) is 0 Å². The van der Waals surface area contributed by atoms with Crippen LogP contribution in [-0.2, 0) is 6.42 Å². The summed E-state index contributed by atoms with van der Waals surface area (Å²) in [5.41, 5.74) is 0. The number of alkyl halides is 1. The molecular formula is C8H10Br2N2. The quantitative estimate of drug-likeness (QED) is 0.801. The molecule has 1 aromatic heterocycles. The molecule has 4 heteroatoms. The predicted molar refractivity (Wildman–Crippen MR) is 56.4 cm³/mol. The van der Waals surface area contributed by atoms with Gasteiger partial charge in [0.2, 0.25) is 0 Å². The van der Waals surface area contributed by atoms with Gasteiger partial charge in [-0.15, -0.1) is 0 Å². The van der Waals surface area contributed by atoms with Crippen LogP contribution in [0.4, 0.5) is 0 Å². The number of aromatic nitrogens is 2. The summed E-state index contributed by atoms with van der Waals surface area (Å²) in [5.74, 6) is 0.891. The maximum Gasteiger partial charge on any atom is 0.129 e. The molecule has 0 spiro atoms. The Morgan fingerprint density at radius 2 is 2.00 bits per heavy atom. The zero-order chi connectivity index (χ0) is 8.97. The van der Waals surface area contributed by atoms with E-state index in [0.717, 1.165) is 23.1 Å². The van der Waals surface area contributed by atoms with E-state index < -0.39 is 0 Å². The second-order valence-electron chi connectivity index (χ2n) is 2.53. The van der Waals surface area contributed by atoms with Crippen molar-refractivity contribution in [3.8, 4) is 0 Å². The van der Waals surface area contributed by atoms with E-state index >= 15 is 0 Å². The van der Waals surface area contributed by atoms with Crippen molar-refractivity contribution in [3.05, 3.63) is 22.7 Å². The standard InChI is InChI=1S/C8H10Br2N2/c1-2-6(9)3-8-11-4-7(10)5-12-8/h4-6H,2-3H2,1H3. The molecule has 1 heterocycles. The highest BCUT2D eigenvalue weighted by Crippen LogP contribution is 2.11. The van der Waals surface area contributed by atoms with Gasteiger partial charge in [-0.05, 0) is 22.4 Å². The van der Waals surface area contributed by atoms with Crippen molar-refractivity contribution < 1.29 is 0 Å². The molecule has 0 aliphatic heterocycles. The Bertz CT molecular complexity index is 235. The smallest absolute Gasteiger partial charge is 0.129 e. The van der Waals surface area contributed by atoms with E-state index in [-0.39, 0.29) is 0 Å². The zero-order valence-corrected chi connectivity index (χ0v) is 9.97. The Labute approximate surface area is 89.1 Å². The van der Waals surface area contributed by atoms with Gasteiger partial charge in [0.25, 0.3) is 0 Å². The topological polar surface area (TPSA) is 25.8 Å². The first-order chi connectivity index (χ1) is 5.72. The summed E-state index contributed by atoms with van der Waals surface area (Å²) in [5, 5.41) is 0. The van der Waals surface area contributed by atoms with E-state index in [2.05, 4.69) is 48.8 Å². The lowest BCUT2D eigenvalue weighted by Gasteiger charge is -2.03. The number of nitrogens with zero attached hydrogens (tertiary/aromatic N) is 2. The summed E-state index contributed by atoms with van der Waals surface area (Å²) in [7, 11) is 0. The van der Waals surface area contributed by atoms with Gasteiger partial charge >= 0.3 is 0 Å². The molecule has 0 aromatic carbocycles. The summed E-state index contributed by atoms with van der Waals surface area (Å²) < 4.78 is 0.925. The molecule has 0 aliphatic carbocycles. The minimum atomic E-state index is 0.485. The third kappa shape index (κ3) is 3.19. The van der Waals surface area contributed by atoms with Crippen LogP contribution in [0.25, 0.3) is 0 Å². The van der Waals surface area contributed by atoms with E-state index in [4.69, 9.17) is 0 Å². The summed E-state index contributed by atoms with van der Waals surface area (Å²) in [6.45, 7) is 2.14. The molecule has 0 bridgehead atoms. The third-order valence-electron chi connectivity index (χ3n) is 1.52. The average Bonchev–Trinajstić information content (AvgIpc) is 2.09. The predicted octanol–water partition coefficient (Wildman–Crippen LogP) is 2.96. The Morgan fingerprint density at radius 1 is 1.42 bits per heavy atom. The lowest BCUT2D eigenvalue weighted by atomic mass is 10.2. The highest BCUT2D eigenvalue weighted by atomic mass is 79.9. The molecule has 12 heavy (non-hydrogen) atoms. The molecule has 2 nitrogen and oxygen atoms in total. The normalized spacial score (nSPS) is 12.9. The van der Waals surface area contributed by atoms with Gasteiger partial charge in [0.15, 0.2) is 0 Å². The fourth-order valence-corrected chi connectivity index (χ4v) is 1.28. The summed E-state index contributed by atoms with van der Waals surface area (Å²) >= 11 is 6.83.